The third-order valence-electron chi connectivity index (χ3n) is 3.37. The van der Waals surface area contributed by atoms with Crippen LogP contribution >= 0.6 is 12.6 Å². The molecule has 5 unspecified atom stereocenters. The first-order chi connectivity index (χ1) is 10.5. The summed E-state index contributed by atoms with van der Waals surface area (Å²) in [5.41, 5.74) is 7.74. The SMILES string of the molecule is [Ac].[NH-]C1C(OCCCNC(=O)CCCS)OC(CO)C(O)C1O. The van der Waals surface area contributed by atoms with Crippen LogP contribution in [-0.2, 0) is 14.3 Å². The van der Waals surface area contributed by atoms with Gasteiger partial charge >= 0.3 is 0 Å². The number of hydrogen-bond acceptors (Lipinski definition) is 7. The van der Waals surface area contributed by atoms with Crippen molar-refractivity contribution in [3.63, 3.8) is 0 Å². The molecule has 0 spiro atoms. The smallest absolute Gasteiger partial charge is 0.220 e. The van der Waals surface area contributed by atoms with Crippen LogP contribution in [0.15, 0.2) is 0 Å². The summed E-state index contributed by atoms with van der Waals surface area (Å²) in [5, 5.41) is 31.1. The van der Waals surface area contributed by atoms with Crippen LogP contribution < -0.4 is 5.32 Å². The molecule has 0 aromatic carbocycles. The van der Waals surface area contributed by atoms with Crippen molar-refractivity contribution in [1.82, 2.24) is 5.32 Å². The number of carbonyl (C=O) groups is 1. The van der Waals surface area contributed by atoms with E-state index in [2.05, 4.69) is 17.9 Å². The fourth-order valence-electron chi connectivity index (χ4n) is 2.05. The average Bonchev–Trinajstić information content (AvgIpc) is 2.52. The molecule has 0 aromatic rings. The van der Waals surface area contributed by atoms with Crippen molar-refractivity contribution in [2.24, 2.45) is 0 Å². The summed E-state index contributed by atoms with van der Waals surface area (Å²) in [6.45, 7) is 0.204. The van der Waals surface area contributed by atoms with Crippen molar-refractivity contribution in [2.75, 3.05) is 25.5 Å². The Bertz CT molecular complexity index is 340. The number of nitrogens with one attached hydrogen (secondary N) is 2. The van der Waals surface area contributed by atoms with E-state index in [-0.39, 0.29) is 56.6 Å². The van der Waals surface area contributed by atoms with E-state index in [1.807, 2.05) is 0 Å². The van der Waals surface area contributed by atoms with Crippen LogP contribution in [0.3, 0.4) is 0 Å². The number of aliphatic hydroxyl groups is 3. The molecule has 0 saturated carbocycles. The first-order valence-corrected chi connectivity index (χ1v) is 7.97. The topological polar surface area (TPSA) is 132 Å². The number of thiol groups is 1. The molecule has 0 bridgehead atoms. The number of hydrogen-bond donors (Lipinski definition) is 5. The molecule has 1 amide bonds. The molecule has 1 aliphatic heterocycles. The Kier molecular flexibility index (Phi) is 13.8. The van der Waals surface area contributed by atoms with Gasteiger partial charge in [-0.25, -0.2) is 0 Å². The van der Waals surface area contributed by atoms with Gasteiger partial charge in [0.25, 0.3) is 0 Å². The van der Waals surface area contributed by atoms with Crippen LogP contribution in [-0.4, -0.2) is 77.4 Å². The summed E-state index contributed by atoms with van der Waals surface area (Å²) in [4.78, 5) is 11.4. The van der Waals surface area contributed by atoms with Crippen LogP contribution in [0.4, 0.5) is 0 Å². The van der Waals surface area contributed by atoms with Gasteiger partial charge in [-0.15, -0.1) is 0 Å². The Morgan fingerprint density at radius 2 is 2.00 bits per heavy atom. The summed E-state index contributed by atoms with van der Waals surface area (Å²) in [7, 11) is 0. The molecule has 0 aliphatic carbocycles. The van der Waals surface area contributed by atoms with Crippen molar-refractivity contribution in [1.29, 1.82) is 0 Å². The van der Waals surface area contributed by atoms with Crippen LogP contribution in [0.25, 0.3) is 5.73 Å². The van der Waals surface area contributed by atoms with Crippen LogP contribution in [0, 0.1) is 44.1 Å². The molecule has 1 saturated heterocycles. The molecule has 0 aromatic heterocycles. The standard InChI is InChI=1S/C13H25N2O6S.Ac/c14-10-12(19)11(18)8(7-16)21-13(10)20-5-2-4-15-9(17)3-1-6-22;/h8,10-14,16,18-19,22H,1-7H2,(H,15,17);/q-1;. The van der Waals surface area contributed by atoms with Gasteiger partial charge in [0.1, 0.15) is 18.5 Å². The van der Waals surface area contributed by atoms with E-state index < -0.39 is 37.3 Å². The van der Waals surface area contributed by atoms with Crippen LogP contribution in [0.5, 0.6) is 0 Å². The Morgan fingerprint density at radius 1 is 1.30 bits per heavy atom. The zero-order chi connectivity index (χ0) is 16.5. The van der Waals surface area contributed by atoms with Gasteiger partial charge < -0.3 is 35.8 Å². The second kappa shape index (κ2) is 13.3. The fraction of sp³-hybridized carbons (Fsp3) is 0.923. The second-order valence-electron chi connectivity index (χ2n) is 5.13. The summed E-state index contributed by atoms with van der Waals surface area (Å²) >= 11 is 4.03. The Hall–Kier alpha value is 1.02. The molecule has 23 heavy (non-hydrogen) atoms. The maximum atomic E-state index is 11.4. The molecule has 1 aliphatic rings. The molecule has 1 radical (unpaired) electrons. The molecule has 1 rings (SSSR count). The molecule has 8 nitrogen and oxygen atoms in total. The summed E-state index contributed by atoms with van der Waals surface area (Å²) in [6, 6.07) is -1.15. The number of rotatable bonds is 9. The number of ether oxygens (including phenoxy) is 2. The zero-order valence-corrected chi connectivity index (χ0v) is 18.6. The molecular weight excluding hydrogens is 539 g/mol. The first-order valence-electron chi connectivity index (χ1n) is 7.34. The minimum atomic E-state index is -1.34. The van der Waals surface area contributed by atoms with Crippen LogP contribution in [0.1, 0.15) is 19.3 Å². The van der Waals surface area contributed by atoms with Gasteiger partial charge in [-0.05, 0) is 18.6 Å². The van der Waals surface area contributed by atoms with Gasteiger partial charge in [0.2, 0.25) is 5.91 Å². The normalized spacial score (nSPS) is 30.6. The van der Waals surface area contributed by atoms with E-state index in [0.29, 0.717) is 25.1 Å². The number of carbonyl (C=O) groups excluding carboxylic acids is 1. The van der Waals surface area contributed by atoms with Gasteiger partial charge in [-0.2, -0.15) is 12.6 Å². The van der Waals surface area contributed by atoms with Gasteiger partial charge in [0, 0.05) is 57.0 Å². The van der Waals surface area contributed by atoms with E-state index in [0.717, 1.165) is 6.42 Å². The Morgan fingerprint density at radius 3 is 2.61 bits per heavy atom. The average molecular weight is 564 g/mol. The number of amides is 1. The van der Waals surface area contributed by atoms with Crippen molar-refractivity contribution in [3.05, 3.63) is 5.73 Å². The van der Waals surface area contributed by atoms with E-state index in [1.165, 1.54) is 0 Å². The summed E-state index contributed by atoms with van der Waals surface area (Å²) < 4.78 is 10.6. The molecule has 10 heteroatoms. The molecule has 133 valence electrons. The van der Waals surface area contributed by atoms with E-state index in [4.69, 9.17) is 20.3 Å². The summed E-state index contributed by atoms with van der Waals surface area (Å²) in [5.74, 6) is 0.626. The molecule has 1 fully saturated rings. The third kappa shape index (κ3) is 8.29. The van der Waals surface area contributed by atoms with E-state index >= 15 is 0 Å². The monoisotopic (exact) mass is 564 g/mol. The largest absolute Gasteiger partial charge is 0.668 e. The van der Waals surface area contributed by atoms with Gasteiger partial charge in [-0.3, -0.25) is 4.79 Å². The van der Waals surface area contributed by atoms with Crippen molar-refractivity contribution >= 4 is 18.5 Å². The van der Waals surface area contributed by atoms with Gasteiger partial charge in [0.05, 0.1) is 19.3 Å². The first kappa shape index (κ1) is 24.0. The van der Waals surface area contributed by atoms with Crippen molar-refractivity contribution < 1.29 is 73.7 Å². The molecule has 1 heterocycles. The van der Waals surface area contributed by atoms with Crippen LogP contribution in [0.2, 0.25) is 0 Å². The predicted octanol–water partition coefficient (Wildman–Crippen LogP) is -0.921. The minimum Gasteiger partial charge on any atom is -0.668 e. The van der Waals surface area contributed by atoms with E-state index in [1.54, 1.807) is 0 Å². The summed E-state index contributed by atoms with van der Waals surface area (Å²) in [6.07, 6.45) is -2.94. The Balaban J connectivity index is 0.00000484. The maximum absolute atomic E-state index is 11.4. The van der Waals surface area contributed by atoms with Gasteiger partial charge in [-0.1, -0.05) is 6.04 Å². The van der Waals surface area contributed by atoms with Crippen molar-refractivity contribution in [2.45, 2.75) is 49.9 Å². The zero-order valence-electron chi connectivity index (χ0n) is 12.9. The molecule has 5 N–H and O–H groups in total. The van der Waals surface area contributed by atoms with Crippen molar-refractivity contribution in [3.8, 4) is 0 Å². The maximum Gasteiger partial charge on any atom is 0.220 e. The van der Waals surface area contributed by atoms with Gasteiger partial charge in [0.15, 0.2) is 0 Å². The molecule has 5 atom stereocenters. The quantitative estimate of drug-likeness (QED) is 0.182. The fourth-order valence-corrected chi connectivity index (χ4v) is 2.21. The number of aliphatic hydroxyl groups excluding tert-OH is 3. The Labute approximate surface area is 177 Å². The predicted molar refractivity (Wildman–Crippen MR) is 82.5 cm³/mol. The third-order valence-corrected chi connectivity index (χ3v) is 3.68. The molecular formula is C13H25AcN2O6S-. The second-order valence-corrected chi connectivity index (χ2v) is 5.58. The van der Waals surface area contributed by atoms with E-state index in [9.17, 15) is 15.0 Å². The minimum absolute atomic E-state index is 0.